The van der Waals surface area contributed by atoms with Crippen LogP contribution >= 0.6 is 0 Å². The van der Waals surface area contributed by atoms with Crippen LogP contribution in [0.2, 0.25) is 0 Å². The van der Waals surface area contributed by atoms with E-state index in [0.29, 0.717) is 29.4 Å². The van der Waals surface area contributed by atoms with Crippen molar-refractivity contribution < 1.29 is 18.1 Å². The molecule has 1 atom stereocenters. The number of hydrogen-bond acceptors (Lipinski definition) is 4. The number of H-pyrrole nitrogens is 1. The zero-order valence-electron chi connectivity index (χ0n) is 16.0. The summed E-state index contributed by atoms with van der Waals surface area (Å²) in [7, 11) is 0. The van der Waals surface area contributed by atoms with Gasteiger partial charge in [-0.3, -0.25) is 9.69 Å². The van der Waals surface area contributed by atoms with E-state index in [1.54, 1.807) is 12.3 Å². The van der Waals surface area contributed by atoms with Crippen molar-refractivity contribution in [1.82, 2.24) is 20.4 Å². The Morgan fingerprint density at radius 2 is 2.24 bits per heavy atom. The van der Waals surface area contributed by atoms with Gasteiger partial charge in [0.1, 0.15) is 5.69 Å². The van der Waals surface area contributed by atoms with Crippen LogP contribution in [0.15, 0.2) is 41.2 Å². The predicted molar refractivity (Wildman–Crippen MR) is 104 cm³/mol. The third-order valence-corrected chi connectivity index (χ3v) is 5.41. The summed E-state index contributed by atoms with van der Waals surface area (Å²) >= 11 is 0. The SMILES string of the molecule is CCN1CCCC1CNC(=O)c1cc(-c2oncc2-c2cccc(F)c2F)c[nH]1. The number of rotatable bonds is 6. The lowest BCUT2D eigenvalue weighted by Crippen LogP contribution is -2.40. The van der Waals surface area contributed by atoms with Crippen molar-refractivity contribution in [2.75, 3.05) is 19.6 Å². The highest BCUT2D eigenvalue weighted by Crippen LogP contribution is 2.34. The van der Waals surface area contributed by atoms with Crippen LogP contribution in [0.1, 0.15) is 30.3 Å². The first-order chi connectivity index (χ1) is 14.1. The summed E-state index contributed by atoms with van der Waals surface area (Å²) in [5, 5.41) is 6.68. The molecule has 2 aromatic heterocycles. The van der Waals surface area contributed by atoms with Crippen molar-refractivity contribution in [2.45, 2.75) is 25.8 Å². The second-order valence-corrected chi connectivity index (χ2v) is 7.11. The molecule has 0 radical (unpaired) electrons. The number of hydrogen-bond donors (Lipinski definition) is 2. The van der Waals surface area contributed by atoms with Gasteiger partial charge in [-0.2, -0.15) is 0 Å². The summed E-state index contributed by atoms with van der Waals surface area (Å²) < 4.78 is 33.0. The van der Waals surface area contributed by atoms with Crippen LogP contribution in [0.5, 0.6) is 0 Å². The first-order valence-electron chi connectivity index (χ1n) is 9.68. The van der Waals surface area contributed by atoms with Crippen molar-refractivity contribution in [2.24, 2.45) is 0 Å². The standard InChI is InChI=1S/C21H22F2N4O2/c1-2-27-8-4-5-14(27)11-25-21(28)18-9-13(10-24-18)20-16(12-26-29-20)15-6-3-7-17(22)19(15)23/h3,6-7,9-10,12,14,24H,2,4-5,8,11H2,1H3,(H,25,28). The van der Waals surface area contributed by atoms with Gasteiger partial charge in [-0.05, 0) is 38.1 Å². The lowest BCUT2D eigenvalue weighted by atomic mass is 10.0. The average molecular weight is 400 g/mol. The van der Waals surface area contributed by atoms with Gasteiger partial charge in [-0.15, -0.1) is 0 Å². The van der Waals surface area contributed by atoms with E-state index in [0.717, 1.165) is 32.0 Å². The molecule has 152 valence electrons. The van der Waals surface area contributed by atoms with Gasteiger partial charge in [0.15, 0.2) is 17.4 Å². The highest BCUT2D eigenvalue weighted by Gasteiger charge is 2.24. The molecule has 3 aromatic rings. The molecule has 0 bridgehead atoms. The van der Waals surface area contributed by atoms with E-state index in [1.807, 2.05) is 0 Å². The van der Waals surface area contributed by atoms with Crippen molar-refractivity contribution in [3.63, 3.8) is 0 Å². The number of nitrogens with zero attached hydrogens (tertiary/aromatic N) is 2. The smallest absolute Gasteiger partial charge is 0.267 e. The molecule has 6 nitrogen and oxygen atoms in total. The molecule has 1 aliphatic rings. The monoisotopic (exact) mass is 400 g/mol. The molecule has 2 N–H and O–H groups in total. The number of likely N-dealkylation sites (N-methyl/N-ethyl adjacent to an activating group) is 1. The summed E-state index contributed by atoms with van der Waals surface area (Å²) in [5.41, 5.74) is 1.26. The van der Waals surface area contributed by atoms with E-state index in [9.17, 15) is 13.6 Å². The Hall–Kier alpha value is -3.00. The fraction of sp³-hybridized carbons (Fsp3) is 0.333. The van der Waals surface area contributed by atoms with Gasteiger partial charge in [0.2, 0.25) is 0 Å². The molecule has 1 amide bonds. The maximum atomic E-state index is 14.2. The minimum Gasteiger partial charge on any atom is -0.356 e. The molecule has 3 heterocycles. The van der Waals surface area contributed by atoms with Crippen molar-refractivity contribution in [1.29, 1.82) is 0 Å². The van der Waals surface area contributed by atoms with Gasteiger partial charge in [-0.1, -0.05) is 24.2 Å². The number of aromatic nitrogens is 2. The number of carbonyl (C=O) groups is 1. The van der Waals surface area contributed by atoms with Crippen LogP contribution in [0.25, 0.3) is 22.5 Å². The molecule has 0 aliphatic carbocycles. The van der Waals surface area contributed by atoms with Gasteiger partial charge in [-0.25, -0.2) is 8.78 Å². The highest BCUT2D eigenvalue weighted by molar-refractivity contribution is 5.94. The van der Waals surface area contributed by atoms with Gasteiger partial charge < -0.3 is 14.8 Å². The molecule has 1 fully saturated rings. The van der Waals surface area contributed by atoms with E-state index >= 15 is 0 Å². The largest absolute Gasteiger partial charge is 0.356 e. The minimum atomic E-state index is -0.970. The van der Waals surface area contributed by atoms with Crippen LogP contribution in [-0.2, 0) is 0 Å². The van der Waals surface area contributed by atoms with Gasteiger partial charge >= 0.3 is 0 Å². The zero-order chi connectivity index (χ0) is 20.4. The molecule has 4 rings (SSSR count). The fourth-order valence-electron chi connectivity index (χ4n) is 3.86. The number of aromatic amines is 1. The Bertz CT molecular complexity index is 1010. The van der Waals surface area contributed by atoms with E-state index in [2.05, 4.69) is 27.3 Å². The molecule has 8 heteroatoms. The molecule has 1 unspecified atom stereocenters. The third kappa shape index (κ3) is 3.80. The lowest BCUT2D eigenvalue weighted by molar-refractivity contribution is 0.0937. The van der Waals surface area contributed by atoms with Gasteiger partial charge in [0, 0.05) is 29.9 Å². The Kier molecular flexibility index (Phi) is 5.44. The summed E-state index contributed by atoms with van der Waals surface area (Å²) in [4.78, 5) is 17.8. The fourth-order valence-corrected chi connectivity index (χ4v) is 3.86. The van der Waals surface area contributed by atoms with Crippen LogP contribution in [-0.4, -0.2) is 46.6 Å². The van der Waals surface area contributed by atoms with Gasteiger partial charge in [0.05, 0.1) is 11.8 Å². The zero-order valence-corrected chi connectivity index (χ0v) is 16.0. The molecule has 1 aromatic carbocycles. The molecule has 1 saturated heterocycles. The minimum absolute atomic E-state index is 0.0503. The highest BCUT2D eigenvalue weighted by atomic mass is 19.2. The number of nitrogens with one attached hydrogen (secondary N) is 2. The number of halogens is 2. The molecule has 0 spiro atoms. The quantitative estimate of drug-likeness (QED) is 0.660. The molecular weight excluding hydrogens is 378 g/mol. The van der Waals surface area contributed by atoms with Crippen molar-refractivity contribution in [3.05, 3.63) is 54.0 Å². The summed E-state index contributed by atoms with van der Waals surface area (Å²) in [6.07, 6.45) is 5.14. The summed E-state index contributed by atoms with van der Waals surface area (Å²) in [6.45, 7) is 4.74. The van der Waals surface area contributed by atoms with Crippen LogP contribution < -0.4 is 5.32 Å². The maximum absolute atomic E-state index is 14.2. The van der Waals surface area contributed by atoms with Crippen LogP contribution in [0.4, 0.5) is 8.78 Å². The second kappa shape index (κ2) is 8.16. The van der Waals surface area contributed by atoms with E-state index in [-0.39, 0.29) is 17.2 Å². The number of carbonyl (C=O) groups excluding carboxylic acids is 1. The van der Waals surface area contributed by atoms with E-state index in [1.165, 1.54) is 18.3 Å². The lowest BCUT2D eigenvalue weighted by Gasteiger charge is -2.22. The normalized spacial score (nSPS) is 17.0. The van der Waals surface area contributed by atoms with Gasteiger partial charge in [0.25, 0.3) is 5.91 Å². The molecule has 29 heavy (non-hydrogen) atoms. The average Bonchev–Trinajstić information content (AvgIpc) is 3.47. The molecule has 0 saturated carbocycles. The van der Waals surface area contributed by atoms with E-state index < -0.39 is 11.6 Å². The summed E-state index contributed by atoms with van der Waals surface area (Å²) in [6, 6.07) is 5.89. The van der Waals surface area contributed by atoms with Crippen LogP contribution in [0, 0.1) is 11.6 Å². The van der Waals surface area contributed by atoms with Crippen molar-refractivity contribution >= 4 is 5.91 Å². The van der Waals surface area contributed by atoms with E-state index in [4.69, 9.17) is 4.52 Å². The predicted octanol–water partition coefficient (Wildman–Crippen LogP) is 3.83. The number of amides is 1. The first kappa shape index (κ1) is 19.3. The first-order valence-corrected chi connectivity index (χ1v) is 9.68. The Morgan fingerprint density at radius 1 is 1.38 bits per heavy atom. The summed E-state index contributed by atoms with van der Waals surface area (Å²) in [5.74, 6) is -1.88. The third-order valence-electron chi connectivity index (χ3n) is 5.41. The Morgan fingerprint density at radius 3 is 3.07 bits per heavy atom. The Balaban J connectivity index is 1.51. The molecular formula is C21H22F2N4O2. The maximum Gasteiger partial charge on any atom is 0.267 e. The second-order valence-electron chi connectivity index (χ2n) is 7.11. The molecule has 1 aliphatic heterocycles. The van der Waals surface area contributed by atoms with Crippen LogP contribution in [0.3, 0.4) is 0 Å². The topological polar surface area (TPSA) is 74.2 Å². The number of benzene rings is 1. The number of likely N-dealkylation sites (tertiary alicyclic amines) is 1. The van der Waals surface area contributed by atoms with Crippen molar-refractivity contribution in [3.8, 4) is 22.5 Å². The Labute approximate surface area is 166 Å².